The van der Waals surface area contributed by atoms with Crippen LogP contribution in [0.1, 0.15) is 39.0 Å². The van der Waals surface area contributed by atoms with Crippen LogP contribution in [-0.2, 0) is 4.74 Å². The molecule has 0 spiro atoms. The molecule has 0 aliphatic carbocycles. The molecule has 18 heavy (non-hydrogen) atoms. The first-order valence-electron chi connectivity index (χ1n) is 7.80. The van der Waals surface area contributed by atoms with Gasteiger partial charge in [0.25, 0.3) is 0 Å². The lowest BCUT2D eigenvalue weighted by molar-refractivity contribution is 0.137. The zero-order valence-corrected chi connectivity index (χ0v) is 12.2. The van der Waals surface area contributed by atoms with Crippen LogP contribution in [0.5, 0.6) is 0 Å². The lowest BCUT2D eigenvalue weighted by Crippen LogP contribution is -2.46. The average Bonchev–Trinajstić information content (AvgIpc) is 2.92. The van der Waals surface area contributed by atoms with E-state index < -0.39 is 0 Å². The Kier molecular flexibility index (Phi) is 5.93. The summed E-state index contributed by atoms with van der Waals surface area (Å²) in [6.07, 6.45) is 6.83. The maximum absolute atomic E-state index is 5.52. The van der Waals surface area contributed by atoms with E-state index in [0.29, 0.717) is 6.04 Å². The zero-order chi connectivity index (χ0) is 12.8. The van der Waals surface area contributed by atoms with Crippen LogP contribution in [0.15, 0.2) is 0 Å². The van der Waals surface area contributed by atoms with E-state index in [9.17, 15) is 0 Å². The molecule has 2 saturated heterocycles. The third-order valence-electron chi connectivity index (χ3n) is 4.76. The standard InChI is InChI=1S/C15H30N2O/c1-3-4-13-5-8-17(9-6-13)11-15(16-2)14-7-10-18-12-14/h13-16H,3-12H2,1-2H3. The number of hydrogen-bond donors (Lipinski definition) is 1. The van der Waals surface area contributed by atoms with E-state index in [2.05, 4.69) is 24.2 Å². The van der Waals surface area contributed by atoms with Gasteiger partial charge >= 0.3 is 0 Å². The third-order valence-corrected chi connectivity index (χ3v) is 4.76. The maximum atomic E-state index is 5.52. The first-order valence-corrected chi connectivity index (χ1v) is 7.80. The van der Waals surface area contributed by atoms with Gasteiger partial charge in [0.15, 0.2) is 0 Å². The summed E-state index contributed by atoms with van der Waals surface area (Å²) in [6.45, 7) is 8.04. The van der Waals surface area contributed by atoms with Gasteiger partial charge in [-0.2, -0.15) is 0 Å². The number of likely N-dealkylation sites (N-methyl/N-ethyl adjacent to an activating group) is 1. The molecule has 2 atom stereocenters. The molecule has 2 heterocycles. The van der Waals surface area contributed by atoms with Crippen molar-refractivity contribution in [2.45, 2.75) is 45.1 Å². The Hall–Kier alpha value is -0.120. The Balaban J connectivity index is 1.72. The van der Waals surface area contributed by atoms with Gasteiger partial charge in [0.2, 0.25) is 0 Å². The average molecular weight is 254 g/mol. The molecule has 0 saturated carbocycles. The molecule has 1 N–H and O–H groups in total. The molecule has 3 heteroatoms. The van der Waals surface area contributed by atoms with Crippen LogP contribution in [0.3, 0.4) is 0 Å². The molecule has 0 amide bonds. The van der Waals surface area contributed by atoms with E-state index in [-0.39, 0.29) is 0 Å². The van der Waals surface area contributed by atoms with Crippen molar-refractivity contribution in [3.63, 3.8) is 0 Å². The molecule has 0 radical (unpaired) electrons. The van der Waals surface area contributed by atoms with Crippen LogP contribution in [0.25, 0.3) is 0 Å². The van der Waals surface area contributed by atoms with E-state index >= 15 is 0 Å². The number of ether oxygens (including phenoxy) is 1. The summed E-state index contributed by atoms with van der Waals surface area (Å²) in [5.41, 5.74) is 0. The summed E-state index contributed by atoms with van der Waals surface area (Å²) in [6, 6.07) is 0.621. The number of piperidine rings is 1. The van der Waals surface area contributed by atoms with Gasteiger partial charge in [0.05, 0.1) is 6.61 Å². The molecule has 2 rings (SSSR count). The minimum Gasteiger partial charge on any atom is -0.381 e. The fourth-order valence-electron chi connectivity index (χ4n) is 3.49. The highest BCUT2D eigenvalue weighted by Crippen LogP contribution is 2.23. The summed E-state index contributed by atoms with van der Waals surface area (Å²) in [7, 11) is 2.10. The van der Waals surface area contributed by atoms with Crippen molar-refractivity contribution in [1.29, 1.82) is 0 Å². The highest BCUT2D eigenvalue weighted by molar-refractivity contribution is 4.83. The van der Waals surface area contributed by atoms with E-state index in [1.165, 1.54) is 51.7 Å². The predicted octanol–water partition coefficient (Wildman–Crippen LogP) is 2.12. The molecule has 2 fully saturated rings. The lowest BCUT2D eigenvalue weighted by Gasteiger charge is -2.35. The van der Waals surface area contributed by atoms with Gasteiger partial charge in [0, 0.05) is 25.1 Å². The summed E-state index contributed by atoms with van der Waals surface area (Å²) in [5, 5.41) is 3.51. The van der Waals surface area contributed by atoms with Gasteiger partial charge in [-0.25, -0.2) is 0 Å². The highest BCUT2D eigenvalue weighted by atomic mass is 16.5. The fourth-order valence-corrected chi connectivity index (χ4v) is 3.49. The topological polar surface area (TPSA) is 24.5 Å². The molecular weight excluding hydrogens is 224 g/mol. The minimum atomic E-state index is 0.621. The molecule has 106 valence electrons. The molecular formula is C15H30N2O. The van der Waals surface area contributed by atoms with Crippen molar-refractivity contribution >= 4 is 0 Å². The monoisotopic (exact) mass is 254 g/mol. The van der Waals surface area contributed by atoms with Crippen LogP contribution in [0.2, 0.25) is 0 Å². The van der Waals surface area contributed by atoms with Crippen molar-refractivity contribution in [3.05, 3.63) is 0 Å². The summed E-state index contributed by atoms with van der Waals surface area (Å²) >= 11 is 0. The van der Waals surface area contributed by atoms with E-state index in [0.717, 1.165) is 25.0 Å². The summed E-state index contributed by atoms with van der Waals surface area (Å²) < 4.78 is 5.52. The SMILES string of the molecule is CCCC1CCN(CC(NC)C2CCOC2)CC1. The van der Waals surface area contributed by atoms with Gasteiger partial charge in [-0.3, -0.25) is 0 Å². The summed E-state index contributed by atoms with van der Waals surface area (Å²) in [5.74, 6) is 1.72. The molecule has 2 unspecified atom stereocenters. The molecule has 0 aromatic heterocycles. The van der Waals surface area contributed by atoms with E-state index in [4.69, 9.17) is 4.74 Å². The van der Waals surface area contributed by atoms with Crippen LogP contribution in [-0.4, -0.2) is 50.8 Å². The van der Waals surface area contributed by atoms with Crippen LogP contribution < -0.4 is 5.32 Å². The Morgan fingerprint density at radius 3 is 2.61 bits per heavy atom. The predicted molar refractivity (Wildman–Crippen MR) is 75.8 cm³/mol. The van der Waals surface area contributed by atoms with Crippen molar-refractivity contribution in [3.8, 4) is 0 Å². The molecule has 2 aliphatic heterocycles. The number of nitrogens with one attached hydrogen (secondary N) is 1. The third kappa shape index (κ3) is 3.94. The lowest BCUT2D eigenvalue weighted by atomic mass is 9.91. The summed E-state index contributed by atoms with van der Waals surface area (Å²) in [4.78, 5) is 2.66. The zero-order valence-electron chi connectivity index (χ0n) is 12.2. The van der Waals surface area contributed by atoms with Crippen molar-refractivity contribution in [1.82, 2.24) is 10.2 Å². The Bertz CT molecular complexity index is 221. The Morgan fingerprint density at radius 2 is 2.06 bits per heavy atom. The quantitative estimate of drug-likeness (QED) is 0.786. The first kappa shape index (κ1) is 14.3. The minimum absolute atomic E-state index is 0.621. The molecule has 0 aromatic rings. The second-order valence-electron chi connectivity index (χ2n) is 6.05. The van der Waals surface area contributed by atoms with Gasteiger partial charge in [-0.05, 0) is 45.3 Å². The van der Waals surface area contributed by atoms with Crippen molar-refractivity contribution in [2.24, 2.45) is 11.8 Å². The van der Waals surface area contributed by atoms with Crippen LogP contribution in [0, 0.1) is 11.8 Å². The molecule has 2 aliphatic rings. The number of hydrogen-bond acceptors (Lipinski definition) is 3. The van der Waals surface area contributed by atoms with Gasteiger partial charge in [-0.1, -0.05) is 19.8 Å². The highest BCUT2D eigenvalue weighted by Gasteiger charge is 2.27. The van der Waals surface area contributed by atoms with Crippen molar-refractivity contribution < 1.29 is 4.74 Å². The Morgan fingerprint density at radius 1 is 1.28 bits per heavy atom. The van der Waals surface area contributed by atoms with Crippen LogP contribution in [0.4, 0.5) is 0 Å². The molecule has 0 aromatic carbocycles. The van der Waals surface area contributed by atoms with Gasteiger partial charge in [0.1, 0.15) is 0 Å². The second kappa shape index (κ2) is 7.46. The smallest absolute Gasteiger partial charge is 0.0510 e. The molecule has 0 bridgehead atoms. The van der Waals surface area contributed by atoms with Gasteiger partial charge in [-0.15, -0.1) is 0 Å². The first-order chi connectivity index (χ1) is 8.83. The Labute approximate surface area is 112 Å². The van der Waals surface area contributed by atoms with E-state index in [1.54, 1.807) is 0 Å². The van der Waals surface area contributed by atoms with Crippen LogP contribution >= 0.6 is 0 Å². The number of nitrogens with zero attached hydrogens (tertiary/aromatic N) is 1. The second-order valence-corrected chi connectivity index (χ2v) is 6.05. The van der Waals surface area contributed by atoms with Gasteiger partial charge < -0.3 is 15.0 Å². The largest absolute Gasteiger partial charge is 0.381 e. The number of likely N-dealkylation sites (tertiary alicyclic amines) is 1. The number of rotatable bonds is 6. The molecule has 3 nitrogen and oxygen atoms in total. The fraction of sp³-hybridized carbons (Fsp3) is 1.00. The normalized spacial score (nSPS) is 28.7. The van der Waals surface area contributed by atoms with Crippen molar-refractivity contribution in [2.75, 3.05) is 39.9 Å². The van der Waals surface area contributed by atoms with E-state index in [1.807, 2.05) is 0 Å². The maximum Gasteiger partial charge on any atom is 0.0510 e.